The summed E-state index contributed by atoms with van der Waals surface area (Å²) in [6.45, 7) is 2.58. The molecule has 0 aromatic heterocycles. The molecule has 0 saturated heterocycles. The molecule has 1 aliphatic carbocycles. The second kappa shape index (κ2) is 7.04. The van der Waals surface area contributed by atoms with E-state index in [1.165, 1.54) is 6.42 Å². The molecule has 0 spiro atoms. The molecule has 2 atom stereocenters. The summed E-state index contributed by atoms with van der Waals surface area (Å²) < 4.78 is 11.6. The van der Waals surface area contributed by atoms with Crippen molar-refractivity contribution in [1.82, 2.24) is 0 Å². The molecule has 0 N–H and O–H groups in total. The van der Waals surface area contributed by atoms with Crippen molar-refractivity contribution in [2.45, 2.75) is 45.1 Å². The van der Waals surface area contributed by atoms with Gasteiger partial charge in [0.25, 0.3) is 0 Å². The Hall–Kier alpha value is -1.69. The van der Waals surface area contributed by atoms with Gasteiger partial charge in [0.1, 0.15) is 6.10 Å². The smallest absolute Gasteiger partial charge is 0.161 e. The topological polar surface area (TPSA) is 42.2 Å². The first-order valence-corrected chi connectivity index (χ1v) is 7.13. The maximum absolute atomic E-state index is 9.28. The van der Waals surface area contributed by atoms with E-state index < -0.39 is 0 Å². The van der Waals surface area contributed by atoms with E-state index in [4.69, 9.17) is 9.47 Å². The molecular formula is C16H21NO2. The van der Waals surface area contributed by atoms with Crippen LogP contribution in [0.5, 0.6) is 11.5 Å². The summed E-state index contributed by atoms with van der Waals surface area (Å²) in [4.78, 5) is 0. The van der Waals surface area contributed by atoms with E-state index in [1.807, 2.05) is 31.2 Å². The standard InChI is InChI=1S/C16H21NO2/c1-2-18-15-10-6-7-11-16(15)19-14-9-5-3-4-8-13(14)12-17/h6-7,10-11,13-14H,2-5,8-9H2,1H3. The Labute approximate surface area is 115 Å². The highest BCUT2D eigenvalue weighted by Crippen LogP contribution is 2.32. The van der Waals surface area contributed by atoms with Crippen molar-refractivity contribution in [3.05, 3.63) is 24.3 Å². The number of hydrogen-bond donors (Lipinski definition) is 0. The van der Waals surface area contributed by atoms with Gasteiger partial charge in [0.2, 0.25) is 0 Å². The number of benzene rings is 1. The first-order chi connectivity index (χ1) is 9.35. The highest BCUT2D eigenvalue weighted by atomic mass is 16.5. The predicted octanol–water partition coefficient (Wildman–Crippen LogP) is 3.94. The van der Waals surface area contributed by atoms with Crippen LogP contribution in [0.15, 0.2) is 24.3 Å². The van der Waals surface area contributed by atoms with Crippen molar-refractivity contribution in [1.29, 1.82) is 5.26 Å². The molecule has 0 heterocycles. The van der Waals surface area contributed by atoms with Crippen LogP contribution in [0.1, 0.15) is 39.0 Å². The lowest BCUT2D eigenvalue weighted by Gasteiger charge is -2.22. The minimum Gasteiger partial charge on any atom is -0.490 e. The molecule has 2 rings (SSSR count). The fraction of sp³-hybridized carbons (Fsp3) is 0.562. The highest BCUT2D eigenvalue weighted by Gasteiger charge is 2.26. The SMILES string of the molecule is CCOc1ccccc1OC1CCCCCC1C#N. The zero-order valence-corrected chi connectivity index (χ0v) is 11.5. The molecule has 3 nitrogen and oxygen atoms in total. The Morgan fingerprint density at radius 1 is 1.16 bits per heavy atom. The lowest BCUT2D eigenvalue weighted by Crippen LogP contribution is -2.25. The lowest BCUT2D eigenvalue weighted by atomic mass is 9.99. The average molecular weight is 259 g/mol. The molecule has 2 unspecified atom stereocenters. The first kappa shape index (κ1) is 13.7. The van der Waals surface area contributed by atoms with Crippen molar-refractivity contribution in [3.8, 4) is 17.6 Å². The summed E-state index contributed by atoms with van der Waals surface area (Å²) in [5.74, 6) is 1.53. The average Bonchev–Trinajstić information content (AvgIpc) is 2.66. The van der Waals surface area contributed by atoms with Gasteiger partial charge in [-0.25, -0.2) is 0 Å². The van der Waals surface area contributed by atoms with Crippen LogP contribution in [0.4, 0.5) is 0 Å². The fourth-order valence-electron chi connectivity index (χ4n) is 2.55. The maximum Gasteiger partial charge on any atom is 0.161 e. The minimum atomic E-state index is -0.00546. The third-order valence-corrected chi connectivity index (χ3v) is 3.55. The second-order valence-electron chi connectivity index (χ2n) is 4.91. The molecule has 0 bridgehead atoms. The molecule has 1 aliphatic rings. The molecule has 1 saturated carbocycles. The summed E-state index contributed by atoms with van der Waals surface area (Å²) in [5.41, 5.74) is 0. The molecule has 19 heavy (non-hydrogen) atoms. The molecule has 1 aromatic carbocycles. The van der Waals surface area contributed by atoms with Crippen LogP contribution in [0.3, 0.4) is 0 Å². The van der Waals surface area contributed by atoms with Crippen LogP contribution in [0.2, 0.25) is 0 Å². The van der Waals surface area contributed by atoms with Crippen LogP contribution in [0.25, 0.3) is 0 Å². The minimum absolute atomic E-state index is 0.00261. The molecule has 3 heteroatoms. The molecule has 1 aromatic rings. The number of nitriles is 1. The Kier molecular flexibility index (Phi) is 5.09. The van der Waals surface area contributed by atoms with E-state index >= 15 is 0 Å². The van der Waals surface area contributed by atoms with Crippen LogP contribution in [0, 0.1) is 17.2 Å². The van der Waals surface area contributed by atoms with E-state index in [1.54, 1.807) is 0 Å². The van der Waals surface area contributed by atoms with Gasteiger partial charge in [0.15, 0.2) is 11.5 Å². The number of rotatable bonds is 4. The number of ether oxygens (including phenoxy) is 2. The largest absolute Gasteiger partial charge is 0.490 e. The summed E-state index contributed by atoms with van der Waals surface area (Å²) >= 11 is 0. The summed E-state index contributed by atoms with van der Waals surface area (Å²) in [5, 5.41) is 9.28. The van der Waals surface area contributed by atoms with Crippen molar-refractivity contribution >= 4 is 0 Å². The molecule has 102 valence electrons. The summed E-state index contributed by atoms with van der Waals surface area (Å²) in [6.07, 6.45) is 5.36. The molecule has 0 amide bonds. The number of para-hydroxylation sites is 2. The normalized spacial score (nSPS) is 23.2. The van der Waals surface area contributed by atoms with Gasteiger partial charge in [-0.05, 0) is 38.3 Å². The van der Waals surface area contributed by atoms with Crippen LogP contribution in [-0.2, 0) is 0 Å². The van der Waals surface area contributed by atoms with Crippen LogP contribution < -0.4 is 9.47 Å². The van der Waals surface area contributed by atoms with Crippen molar-refractivity contribution in [2.24, 2.45) is 5.92 Å². The van der Waals surface area contributed by atoms with Gasteiger partial charge in [0.05, 0.1) is 18.6 Å². The Morgan fingerprint density at radius 2 is 1.89 bits per heavy atom. The van der Waals surface area contributed by atoms with Gasteiger partial charge in [-0.1, -0.05) is 25.0 Å². The van der Waals surface area contributed by atoms with Gasteiger partial charge in [-0.2, -0.15) is 5.26 Å². The predicted molar refractivity (Wildman–Crippen MR) is 74.2 cm³/mol. The van der Waals surface area contributed by atoms with E-state index in [9.17, 15) is 5.26 Å². The number of nitrogens with zero attached hydrogens (tertiary/aromatic N) is 1. The second-order valence-corrected chi connectivity index (χ2v) is 4.91. The first-order valence-electron chi connectivity index (χ1n) is 7.13. The molecule has 0 radical (unpaired) electrons. The van der Waals surface area contributed by atoms with Gasteiger partial charge >= 0.3 is 0 Å². The summed E-state index contributed by atoms with van der Waals surface area (Å²) in [6, 6.07) is 10.1. The van der Waals surface area contributed by atoms with Crippen molar-refractivity contribution < 1.29 is 9.47 Å². The highest BCUT2D eigenvalue weighted by molar-refractivity contribution is 5.39. The van der Waals surface area contributed by atoms with Crippen LogP contribution >= 0.6 is 0 Å². The lowest BCUT2D eigenvalue weighted by molar-refractivity contribution is 0.144. The zero-order chi connectivity index (χ0) is 13.5. The van der Waals surface area contributed by atoms with Gasteiger partial charge < -0.3 is 9.47 Å². The van der Waals surface area contributed by atoms with Gasteiger partial charge in [-0.15, -0.1) is 0 Å². The molecule has 1 fully saturated rings. The fourth-order valence-corrected chi connectivity index (χ4v) is 2.55. The maximum atomic E-state index is 9.28. The Bertz CT molecular complexity index is 439. The monoisotopic (exact) mass is 259 g/mol. The van der Waals surface area contributed by atoms with E-state index in [-0.39, 0.29) is 12.0 Å². The summed E-state index contributed by atoms with van der Waals surface area (Å²) in [7, 11) is 0. The van der Waals surface area contributed by atoms with Crippen LogP contribution in [-0.4, -0.2) is 12.7 Å². The Morgan fingerprint density at radius 3 is 2.63 bits per heavy atom. The molecular weight excluding hydrogens is 238 g/mol. The van der Waals surface area contributed by atoms with Crippen molar-refractivity contribution in [2.75, 3.05) is 6.61 Å². The quantitative estimate of drug-likeness (QED) is 0.769. The third kappa shape index (κ3) is 3.64. The van der Waals surface area contributed by atoms with E-state index in [2.05, 4.69) is 6.07 Å². The Balaban J connectivity index is 2.12. The number of hydrogen-bond acceptors (Lipinski definition) is 3. The van der Waals surface area contributed by atoms with Gasteiger partial charge in [0, 0.05) is 0 Å². The van der Waals surface area contributed by atoms with Gasteiger partial charge in [-0.3, -0.25) is 0 Å². The van der Waals surface area contributed by atoms with Crippen molar-refractivity contribution in [3.63, 3.8) is 0 Å². The molecule has 0 aliphatic heterocycles. The van der Waals surface area contributed by atoms with E-state index in [0.29, 0.717) is 6.61 Å². The third-order valence-electron chi connectivity index (χ3n) is 3.55. The zero-order valence-electron chi connectivity index (χ0n) is 11.5. The van der Waals surface area contributed by atoms with E-state index in [0.717, 1.165) is 37.2 Å².